The van der Waals surface area contributed by atoms with Crippen molar-refractivity contribution >= 4 is 17.5 Å². The van der Waals surface area contributed by atoms with Gasteiger partial charge in [0.05, 0.1) is 12.5 Å². The number of ether oxygens (including phenoxy) is 2. The average Bonchev–Trinajstić information content (AvgIpc) is 3.01. The first-order valence-corrected chi connectivity index (χ1v) is 9.13. The maximum atomic E-state index is 12.4. The lowest BCUT2D eigenvalue weighted by Gasteiger charge is -2.22. The van der Waals surface area contributed by atoms with Crippen LogP contribution in [-0.4, -0.2) is 37.6 Å². The van der Waals surface area contributed by atoms with Crippen molar-refractivity contribution in [2.45, 2.75) is 25.8 Å². The Kier molecular flexibility index (Phi) is 4.71. The Balaban J connectivity index is 1.39. The summed E-state index contributed by atoms with van der Waals surface area (Å²) in [5.41, 5.74) is 2.86. The van der Waals surface area contributed by atoms with Gasteiger partial charge < -0.3 is 19.7 Å². The fourth-order valence-corrected chi connectivity index (χ4v) is 3.54. The van der Waals surface area contributed by atoms with E-state index in [1.165, 1.54) is 0 Å². The Morgan fingerprint density at radius 3 is 2.78 bits per heavy atom. The molecule has 1 N–H and O–H groups in total. The molecule has 0 aliphatic carbocycles. The number of nitrogens with one attached hydrogen (secondary N) is 1. The molecule has 0 radical (unpaired) electrons. The van der Waals surface area contributed by atoms with Gasteiger partial charge in [0.2, 0.25) is 11.8 Å². The molecule has 6 heteroatoms. The minimum absolute atomic E-state index is 0.00691. The maximum Gasteiger partial charge on any atom is 0.229 e. The van der Waals surface area contributed by atoms with Crippen LogP contribution in [-0.2, 0) is 16.0 Å². The van der Waals surface area contributed by atoms with E-state index in [2.05, 4.69) is 5.32 Å². The monoisotopic (exact) mass is 366 g/mol. The van der Waals surface area contributed by atoms with Gasteiger partial charge in [-0.05, 0) is 24.6 Å². The Hall–Kier alpha value is -3.02. The molecule has 1 saturated heterocycles. The molecule has 0 spiro atoms. The van der Waals surface area contributed by atoms with E-state index in [0.29, 0.717) is 44.1 Å². The maximum absolute atomic E-state index is 12.4. The Morgan fingerprint density at radius 1 is 1.15 bits per heavy atom. The van der Waals surface area contributed by atoms with Gasteiger partial charge in [-0.3, -0.25) is 9.59 Å². The molecule has 1 atom stereocenters. The zero-order valence-corrected chi connectivity index (χ0v) is 15.2. The molecule has 0 aromatic heterocycles. The van der Waals surface area contributed by atoms with Gasteiger partial charge in [0.15, 0.2) is 11.5 Å². The predicted octanol–water partition coefficient (Wildman–Crippen LogP) is 2.23. The number of amides is 2. The van der Waals surface area contributed by atoms with E-state index in [-0.39, 0.29) is 17.9 Å². The second-order valence-electron chi connectivity index (χ2n) is 6.97. The molecule has 0 bridgehead atoms. The minimum atomic E-state index is -0.192. The smallest absolute Gasteiger partial charge is 0.229 e. The zero-order valence-electron chi connectivity index (χ0n) is 15.2. The lowest BCUT2D eigenvalue weighted by molar-refractivity contribution is -0.121. The number of carbonyl (C=O) groups is 2. The quantitative estimate of drug-likeness (QED) is 0.901. The second-order valence-corrected chi connectivity index (χ2v) is 6.97. The fraction of sp³-hybridized carbons (Fsp3) is 0.333. The van der Waals surface area contributed by atoms with Crippen LogP contribution in [0.25, 0.3) is 0 Å². The lowest BCUT2D eigenvalue weighted by Crippen LogP contribution is -2.38. The number of carbonyl (C=O) groups excluding carboxylic acids is 2. The topological polar surface area (TPSA) is 67.9 Å². The number of rotatable bonds is 4. The number of aryl methyl sites for hydroxylation is 1. The standard InChI is InChI=1S/C21H22N2O4/c1-14-3-2-4-15(9-14)10-20(24)22-16-11-21(25)23(13-16)17-5-6-18-19(12-17)27-8-7-26-18/h2-6,9,12,16H,7-8,10-11,13H2,1H3,(H,22,24)/t16-/m0/s1. The normalized spacial score (nSPS) is 18.5. The second kappa shape index (κ2) is 7.31. The number of hydrogen-bond acceptors (Lipinski definition) is 4. The van der Waals surface area contributed by atoms with Gasteiger partial charge in [-0.1, -0.05) is 29.8 Å². The van der Waals surface area contributed by atoms with Gasteiger partial charge in [0.25, 0.3) is 0 Å². The van der Waals surface area contributed by atoms with Crippen LogP contribution >= 0.6 is 0 Å². The lowest BCUT2D eigenvalue weighted by atomic mass is 10.1. The van der Waals surface area contributed by atoms with Gasteiger partial charge in [-0.15, -0.1) is 0 Å². The predicted molar refractivity (Wildman–Crippen MR) is 101 cm³/mol. The van der Waals surface area contributed by atoms with Crippen molar-refractivity contribution in [3.05, 3.63) is 53.6 Å². The average molecular weight is 366 g/mol. The van der Waals surface area contributed by atoms with Gasteiger partial charge in [-0.2, -0.15) is 0 Å². The molecule has 2 aromatic rings. The molecule has 0 unspecified atom stereocenters. The molecule has 6 nitrogen and oxygen atoms in total. The Morgan fingerprint density at radius 2 is 1.96 bits per heavy atom. The molecule has 2 aliphatic heterocycles. The van der Waals surface area contributed by atoms with Crippen LogP contribution in [0, 0.1) is 6.92 Å². The molecule has 2 amide bonds. The van der Waals surface area contributed by atoms with Crippen LogP contribution < -0.4 is 19.7 Å². The van der Waals surface area contributed by atoms with E-state index in [9.17, 15) is 9.59 Å². The Bertz CT molecular complexity index is 880. The summed E-state index contributed by atoms with van der Waals surface area (Å²) in [4.78, 5) is 26.5. The molecule has 27 heavy (non-hydrogen) atoms. The fourth-order valence-electron chi connectivity index (χ4n) is 3.54. The van der Waals surface area contributed by atoms with Crippen molar-refractivity contribution in [3.63, 3.8) is 0 Å². The van der Waals surface area contributed by atoms with Crippen LogP contribution in [0.15, 0.2) is 42.5 Å². The third-order valence-corrected chi connectivity index (χ3v) is 4.77. The molecule has 2 aromatic carbocycles. The molecule has 2 heterocycles. The highest BCUT2D eigenvalue weighted by molar-refractivity contribution is 5.97. The van der Waals surface area contributed by atoms with Crippen molar-refractivity contribution in [1.82, 2.24) is 5.32 Å². The summed E-state index contributed by atoms with van der Waals surface area (Å²) < 4.78 is 11.1. The summed E-state index contributed by atoms with van der Waals surface area (Å²) in [5, 5.41) is 2.98. The van der Waals surface area contributed by atoms with E-state index < -0.39 is 0 Å². The first-order chi connectivity index (χ1) is 13.1. The van der Waals surface area contributed by atoms with Crippen molar-refractivity contribution < 1.29 is 19.1 Å². The van der Waals surface area contributed by atoms with E-state index in [0.717, 1.165) is 16.8 Å². The number of anilines is 1. The molecular weight excluding hydrogens is 344 g/mol. The summed E-state index contributed by atoms with van der Waals surface area (Å²) in [6, 6.07) is 13.2. The van der Waals surface area contributed by atoms with E-state index in [4.69, 9.17) is 9.47 Å². The number of benzene rings is 2. The van der Waals surface area contributed by atoms with Gasteiger partial charge in [0, 0.05) is 24.7 Å². The molecule has 2 aliphatic rings. The summed E-state index contributed by atoms with van der Waals surface area (Å²) in [6.45, 7) is 3.49. The minimum Gasteiger partial charge on any atom is -0.486 e. The van der Waals surface area contributed by atoms with Crippen molar-refractivity contribution in [3.8, 4) is 11.5 Å². The van der Waals surface area contributed by atoms with E-state index in [1.54, 1.807) is 4.90 Å². The molecule has 1 fully saturated rings. The third-order valence-electron chi connectivity index (χ3n) is 4.77. The molecular formula is C21H22N2O4. The molecule has 0 saturated carbocycles. The molecule has 4 rings (SSSR count). The number of nitrogens with zero attached hydrogens (tertiary/aromatic N) is 1. The highest BCUT2D eigenvalue weighted by atomic mass is 16.6. The summed E-state index contributed by atoms with van der Waals surface area (Å²) in [7, 11) is 0. The largest absolute Gasteiger partial charge is 0.486 e. The molecule has 140 valence electrons. The van der Waals surface area contributed by atoms with Gasteiger partial charge in [-0.25, -0.2) is 0 Å². The SMILES string of the molecule is Cc1cccc(CC(=O)N[C@H]2CC(=O)N(c3ccc4c(c3)OCCO4)C2)c1. The van der Waals surface area contributed by atoms with Crippen LogP contribution in [0.2, 0.25) is 0 Å². The third kappa shape index (κ3) is 3.89. The van der Waals surface area contributed by atoms with Crippen LogP contribution in [0.1, 0.15) is 17.5 Å². The highest BCUT2D eigenvalue weighted by Crippen LogP contribution is 2.35. The summed E-state index contributed by atoms with van der Waals surface area (Å²) in [5.74, 6) is 1.27. The van der Waals surface area contributed by atoms with E-state index in [1.807, 2.05) is 49.4 Å². The highest BCUT2D eigenvalue weighted by Gasteiger charge is 2.32. The summed E-state index contributed by atoms with van der Waals surface area (Å²) >= 11 is 0. The van der Waals surface area contributed by atoms with E-state index >= 15 is 0 Å². The van der Waals surface area contributed by atoms with Crippen molar-refractivity contribution in [2.75, 3.05) is 24.7 Å². The zero-order chi connectivity index (χ0) is 18.8. The number of fused-ring (bicyclic) bond motifs is 1. The first-order valence-electron chi connectivity index (χ1n) is 9.13. The van der Waals surface area contributed by atoms with Crippen LogP contribution in [0.3, 0.4) is 0 Å². The van der Waals surface area contributed by atoms with Gasteiger partial charge in [0.1, 0.15) is 13.2 Å². The van der Waals surface area contributed by atoms with Crippen molar-refractivity contribution in [2.24, 2.45) is 0 Å². The van der Waals surface area contributed by atoms with Gasteiger partial charge >= 0.3 is 0 Å². The Labute approximate surface area is 158 Å². The van der Waals surface area contributed by atoms with Crippen LogP contribution in [0.4, 0.5) is 5.69 Å². The first kappa shape index (κ1) is 17.4. The summed E-state index contributed by atoms with van der Waals surface area (Å²) in [6.07, 6.45) is 0.615. The number of hydrogen-bond donors (Lipinski definition) is 1. The van der Waals surface area contributed by atoms with Crippen molar-refractivity contribution in [1.29, 1.82) is 0 Å². The van der Waals surface area contributed by atoms with Crippen LogP contribution in [0.5, 0.6) is 11.5 Å².